The third-order valence-corrected chi connectivity index (χ3v) is 2.25. The Bertz CT molecular complexity index is 246. The van der Waals surface area contributed by atoms with Gasteiger partial charge in [-0.15, -0.1) is 0 Å². The van der Waals surface area contributed by atoms with E-state index in [4.69, 9.17) is 0 Å². The summed E-state index contributed by atoms with van der Waals surface area (Å²) in [5, 5.41) is 12.9. The fraction of sp³-hybridized carbons (Fsp3) is 0.444. The highest BCUT2D eigenvalue weighted by molar-refractivity contribution is 5.09. The van der Waals surface area contributed by atoms with E-state index in [1.54, 1.807) is 6.20 Å². The van der Waals surface area contributed by atoms with Crippen LogP contribution in [0.4, 0.5) is 0 Å². The Hall–Kier alpha value is -0.930. The molecule has 0 amide bonds. The third kappa shape index (κ3) is 1.33. The van der Waals surface area contributed by atoms with Crippen LogP contribution >= 0.6 is 0 Å². The van der Waals surface area contributed by atoms with E-state index in [0.29, 0.717) is 5.92 Å². The molecule has 2 heterocycles. The third-order valence-electron chi connectivity index (χ3n) is 2.25. The zero-order valence-electron chi connectivity index (χ0n) is 6.77. The molecule has 3 nitrogen and oxygen atoms in total. The Morgan fingerprint density at radius 1 is 1.50 bits per heavy atom. The summed E-state index contributed by atoms with van der Waals surface area (Å²) >= 11 is 0. The van der Waals surface area contributed by atoms with E-state index in [-0.39, 0.29) is 0 Å². The molecule has 2 rings (SSSR count). The minimum Gasteiger partial charge on any atom is -0.386 e. The van der Waals surface area contributed by atoms with Gasteiger partial charge in [-0.3, -0.25) is 4.98 Å². The number of aromatic nitrogens is 1. The molecule has 1 aromatic heterocycles. The Morgan fingerprint density at radius 3 is 2.83 bits per heavy atom. The molecule has 0 radical (unpaired) electrons. The number of pyridine rings is 1. The van der Waals surface area contributed by atoms with E-state index in [2.05, 4.69) is 10.3 Å². The van der Waals surface area contributed by atoms with Crippen molar-refractivity contribution < 1.29 is 5.11 Å². The Morgan fingerprint density at radius 2 is 2.33 bits per heavy atom. The van der Waals surface area contributed by atoms with Crippen LogP contribution < -0.4 is 5.32 Å². The van der Waals surface area contributed by atoms with Gasteiger partial charge in [0, 0.05) is 25.2 Å². The van der Waals surface area contributed by atoms with Crippen molar-refractivity contribution in [2.75, 3.05) is 13.1 Å². The van der Waals surface area contributed by atoms with Gasteiger partial charge in [0.15, 0.2) is 0 Å². The van der Waals surface area contributed by atoms with Crippen LogP contribution in [0.25, 0.3) is 0 Å². The van der Waals surface area contributed by atoms with Gasteiger partial charge in [-0.2, -0.15) is 0 Å². The number of rotatable bonds is 2. The molecule has 12 heavy (non-hydrogen) atoms. The van der Waals surface area contributed by atoms with Gasteiger partial charge < -0.3 is 10.4 Å². The second-order valence-corrected chi connectivity index (χ2v) is 3.12. The van der Waals surface area contributed by atoms with E-state index in [0.717, 1.165) is 18.8 Å². The van der Waals surface area contributed by atoms with Gasteiger partial charge in [0.2, 0.25) is 0 Å². The molecule has 1 atom stereocenters. The van der Waals surface area contributed by atoms with Gasteiger partial charge in [-0.05, 0) is 12.1 Å². The highest BCUT2D eigenvalue weighted by Gasteiger charge is 2.26. The average Bonchev–Trinajstić information content (AvgIpc) is 2.03. The first-order valence-electron chi connectivity index (χ1n) is 4.17. The van der Waals surface area contributed by atoms with Crippen molar-refractivity contribution in [3.8, 4) is 0 Å². The van der Waals surface area contributed by atoms with Gasteiger partial charge in [0.25, 0.3) is 0 Å². The summed E-state index contributed by atoms with van der Waals surface area (Å²) in [6, 6.07) is 5.62. The Labute approximate surface area is 71.4 Å². The van der Waals surface area contributed by atoms with Crippen LogP contribution in [-0.4, -0.2) is 23.2 Å². The molecule has 1 saturated heterocycles. The standard InChI is InChI=1S/C9H12N2O/c12-9(7-5-10-6-7)8-3-1-2-4-11-8/h1-4,7,9-10,12H,5-6H2/t9-/m0/s1. The molecular formula is C9H12N2O. The predicted octanol–water partition coefficient (Wildman–Crippen LogP) is 0.334. The maximum Gasteiger partial charge on any atom is 0.101 e. The molecule has 1 fully saturated rings. The van der Waals surface area contributed by atoms with Gasteiger partial charge in [-0.25, -0.2) is 0 Å². The second kappa shape index (κ2) is 3.21. The second-order valence-electron chi connectivity index (χ2n) is 3.12. The highest BCUT2D eigenvalue weighted by Crippen LogP contribution is 2.22. The number of nitrogens with zero attached hydrogens (tertiary/aromatic N) is 1. The molecule has 0 saturated carbocycles. The van der Waals surface area contributed by atoms with Crippen molar-refractivity contribution in [2.45, 2.75) is 6.10 Å². The lowest BCUT2D eigenvalue weighted by molar-refractivity contribution is 0.0731. The molecular weight excluding hydrogens is 152 g/mol. The normalized spacial score (nSPS) is 20.1. The van der Waals surface area contributed by atoms with E-state index < -0.39 is 6.10 Å². The van der Waals surface area contributed by atoms with Gasteiger partial charge in [-0.1, -0.05) is 6.07 Å². The molecule has 1 aromatic rings. The van der Waals surface area contributed by atoms with E-state index in [1.807, 2.05) is 18.2 Å². The van der Waals surface area contributed by atoms with Crippen LogP contribution in [-0.2, 0) is 0 Å². The fourth-order valence-electron chi connectivity index (χ4n) is 1.33. The van der Waals surface area contributed by atoms with Crippen molar-refractivity contribution >= 4 is 0 Å². The minimum atomic E-state index is -0.396. The number of nitrogens with one attached hydrogen (secondary N) is 1. The molecule has 0 bridgehead atoms. The lowest BCUT2D eigenvalue weighted by Gasteiger charge is -2.31. The fourth-order valence-corrected chi connectivity index (χ4v) is 1.33. The SMILES string of the molecule is O[C@H](c1ccccn1)C1CNC1. The van der Waals surface area contributed by atoms with E-state index in [1.165, 1.54) is 0 Å². The van der Waals surface area contributed by atoms with Crippen LogP contribution in [0, 0.1) is 5.92 Å². The van der Waals surface area contributed by atoms with Crippen molar-refractivity contribution in [1.82, 2.24) is 10.3 Å². The predicted molar refractivity (Wildman–Crippen MR) is 45.6 cm³/mol. The Kier molecular flexibility index (Phi) is 2.06. The summed E-state index contributed by atoms with van der Waals surface area (Å²) in [6.07, 6.45) is 1.32. The van der Waals surface area contributed by atoms with Crippen LogP contribution in [0.1, 0.15) is 11.8 Å². The van der Waals surface area contributed by atoms with Crippen LogP contribution in [0.5, 0.6) is 0 Å². The highest BCUT2D eigenvalue weighted by atomic mass is 16.3. The summed E-state index contributed by atoms with van der Waals surface area (Å²) in [5.41, 5.74) is 0.781. The topological polar surface area (TPSA) is 45.2 Å². The molecule has 1 aliphatic heterocycles. The average molecular weight is 164 g/mol. The molecule has 0 aliphatic carbocycles. The maximum atomic E-state index is 9.74. The molecule has 2 N–H and O–H groups in total. The first kappa shape index (κ1) is 7.71. The van der Waals surface area contributed by atoms with Gasteiger partial charge in [0.1, 0.15) is 6.10 Å². The maximum absolute atomic E-state index is 9.74. The first-order chi connectivity index (χ1) is 5.88. The number of aliphatic hydroxyl groups excluding tert-OH is 1. The van der Waals surface area contributed by atoms with Crippen LogP contribution in [0.15, 0.2) is 24.4 Å². The van der Waals surface area contributed by atoms with Gasteiger partial charge in [0.05, 0.1) is 5.69 Å². The van der Waals surface area contributed by atoms with Crippen LogP contribution in [0.2, 0.25) is 0 Å². The lowest BCUT2D eigenvalue weighted by atomic mass is 9.94. The largest absolute Gasteiger partial charge is 0.386 e. The summed E-state index contributed by atoms with van der Waals surface area (Å²) in [7, 11) is 0. The van der Waals surface area contributed by atoms with Crippen molar-refractivity contribution in [3.05, 3.63) is 30.1 Å². The summed E-state index contributed by atoms with van der Waals surface area (Å²) in [5.74, 6) is 0.347. The molecule has 0 unspecified atom stereocenters. The van der Waals surface area contributed by atoms with E-state index in [9.17, 15) is 5.11 Å². The molecule has 0 aromatic carbocycles. The summed E-state index contributed by atoms with van der Waals surface area (Å²) in [6.45, 7) is 1.80. The Balaban J connectivity index is 2.08. The molecule has 64 valence electrons. The summed E-state index contributed by atoms with van der Waals surface area (Å²) in [4.78, 5) is 4.10. The lowest BCUT2D eigenvalue weighted by Crippen LogP contribution is -2.45. The van der Waals surface area contributed by atoms with Crippen LogP contribution in [0.3, 0.4) is 0 Å². The number of hydrogen-bond donors (Lipinski definition) is 2. The quantitative estimate of drug-likeness (QED) is 0.662. The van der Waals surface area contributed by atoms with E-state index >= 15 is 0 Å². The van der Waals surface area contributed by atoms with Crippen molar-refractivity contribution in [3.63, 3.8) is 0 Å². The molecule has 1 aliphatic rings. The zero-order valence-corrected chi connectivity index (χ0v) is 6.77. The zero-order chi connectivity index (χ0) is 8.39. The smallest absolute Gasteiger partial charge is 0.101 e. The van der Waals surface area contributed by atoms with Crippen molar-refractivity contribution in [1.29, 1.82) is 0 Å². The monoisotopic (exact) mass is 164 g/mol. The molecule has 0 spiro atoms. The number of aliphatic hydroxyl groups is 1. The molecule has 3 heteroatoms. The summed E-state index contributed by atoms with van der Waals surface area (Å²) < 4.78 is 0. The van der Waals surface area contributed by atoms with Gasteiger partial charge >= 0.3 is 0 Å². The number of hydrogen-bond acceptors (Lipinski definition) is 3. The first-order valence-corrected chi connectivity index (χ1v) is 4.17. The minimum absolute atomic E-state index is 0.347. The van der Waals surface area contributed by atoms with Crippen molar-refractivity contribution in [2.24, 2.45) is 5.92 Å².